The lowest BCUT2D eigenvalue weighted by molar-refractivity contribution is -0.500. The average molecular weight is 215 g/mol. The predicted octanol–water partition coefficient (Wildman–Crippen LogP) is 2.50. The van der Waals surface area contributed by atoms with E-state index in [2.05, 4.69) is 6.92 Å². The second-order valence-corrected chi connectivity index (χ2v) is 4.16. The molecule has 0 bridgehead atoms. The maximum atomic E-state index is 10.7. The van der Waals surface area contributed by atoms with Crippen LogP contribution < -0.4 is 5.48 Å². The first-order chi connectivity index (χ1) is 7.31. The van der Waals surface area contributed by atoms with E-state index < -0.39 is 0 Å². The Bertz CT molecular complexity index is 149. The lowest BCUT2D eigenvalue weighted by Gasteiger charge is -2.01. The molecule has 0 aromatic carbocycles. The van der Waals surface area contributed by atoms with Gasteiger partial charge in [-0.3, -0.25) is 0 Å². The summed E-state index contributed by atoms with van der Waals surface area (Å²) in [5, 5.41) is 10.0. The van der Waals surface area contributed by atoms with Crippen LogP contribution in [0.2, 0.25) is 0 Å². The van der Waals surface area contributed by atoms with E-state index in [4.69, 9.17) is 0 Å². The Morgan fingerprint density at radius 1 is 0.933 bits per heavy atom. The second-order valence-electron chi connectivity index (χ2n) is 4.16. The molecular weight excluding hydrogens is 190 g/mol. The molecule has 3 nitrogen and oxygen atoms in total. The van der Waals surface area contributed by atoms with Gasteiger partial charge in [0, 0.05) is 0 Å². The Kier molecular flexibility index (Phi) is 11.3. The predicted molar refractivity (Wildman–Crippen MR) is 62.1 cm³/mol. The zero-order valence-electron chi connectivity index (χ0n) is 9.96. The van der Waals surface area contributed by atoms with Gasteiger partial charge in [-0.2, -0.15) is 0 Å². The zero-order chi connectivity index (χ0) is 11.4. The normalized spacial score (nSPS) is 10.5. The number of amides is 1. The summed E-state index contributed by atoms with van der Waals surface area (Å²) in [6.07, 6.45) is 11.6. The van der Waals surface area contributed by atoms with Crippen molar-refractivity contribution in [2.24, 2.45) is 0 Å². The molecule has 1 amide bonds. The molecular formula is C12H25NO2. The molecule has 0 saturated carbocycles. The van der Waals surface area contributed by atoms with Crippen LogP contribution in [0, 0.1) is 5.21 Å². The van der Waals surface area contributed by atoms with Gasteiger partial charge in [-0.25, -0.2) is 4.79 Å². The van der Waals surface area contributed by atoms with Crippen LogP contribution in [0.1, 0.15) is 71.1 Å². The quantitative estimate of drug-likeness (QED) is 0.449. The lowest BCUT2D eigenvalue weighted by Crippen LogP contribution is -2.81. The zero-order valence-corrected chi connectivity index (χ0v) is 9.96. The van der Waals surface area contributed by atoms with E-state index in [0.29, 0.717) is 11.9 Å². The molecule has 0 aliphatic carbocycles. The summed E-state index contributed by atoms with van der Waals surface area (Å²) >= 11 is 0. The van der Waals surface area contributed by atoms with Gasteiger partial charge in [0.1, 0.15) is 0 Å². The number of rotatable bonds is 10. The maximum absolute atomic E-state index is 10.7. The van der Waals surface area contributed by atoms with Crippen molar-refractivity contribution in [3.63, 3.8) is 0 Å². The second kappa shape index (κ2) is 11.7. The standard InChI is InChI=1S/C12H25NO2/c1-2-3-4-5-6-7-8-9-10-11-12(14)13-15/h2-11,13H2,1H3. The highest BCUT2D eigenvalue weighted by atomic mass is 16.5. The first-order valence-corrected chi connectivity index (χ1v) is 6.29. The minimum absolute atomic E-state index is 0.252. The Morgan fingerprint density at radius 3 is 1.87 bits per heavy atom. The van der Waals surface area contributed by atoms with Crippen molar-refractivity contribution in [2.75, 3.05) is 0 Å². The first kappa shape index (κ1) is 14.6. The third-order valence-electron chi connectivity index (χ3n) is 2.66. The van der Waals surface area contributed by atoms with Crippen LogP contribution in [0.4, 0.5) is 0 Å². The van der Waals surface area contributed by atoms with Crippen LogP contribution in [0.3, 0.4) is 0 Å². The molecule has 0 fully saturated rings. The fourth-order valence-electron chi connectivity index (χ4n) is 1.67. The minimum atomic E-state index is -0.252. The summed E-state index contributed by atoms with van der Waals surface area (Å²) in [4.78, 5) is 10.7. The molecule has 0 heterocycles. The summed E-state index contributed by atoms with van der Waals surface area (Å²) in [7, 11) is 0. The monoisotopic (exact) mass is 215 g/mol. The topological polar surface area (TPSA) is 56.7 Å². The van der Waals surface area contributed by atoms with Crippen molar-refractivity contribution in [2.45, 2.75) is 71.1 Å². The summed E-state index contributed by atoms with van der Waals surface area (Å²) < 4.78 is 0. The van der Waals surface area contributed by atoms with Crippen molar-refractivity contribution in [1.82, 2.24) is 0 Å². The van der Waals surface area contributed by atoms with E-state index in [0.717, 1.165) is 12.8 Å². The van der Waals surface area contributed by atoms with Crippen LogP contribution >= 0.6 is 0 Å². The van der Waals surface area contributed by atoms with Gasteiger partial charge in [-0.05, 0) is 6.42 Å². The Morgan fingerprint density at radius 2 is 1.40 bits per heavy atom. The third kappa shape index (κ3) is 11.5. The molecule has 0 atom stereocenters. The first-order valence-electron chi connectivity index (χ1n) is 6.29. The van der Waals surface area contributed by atoms with Gasteiger partial charge in [0.25, 0.3) is 0 Å². The van der Waals surface area contributed by atoms with Crippen LogP contribution in [-0.2, 0) is 4.79 Å². The fourth-order valence-corrected chi connectivity index (χ4v) is 1.67. The molecule has 15 heavy (non-hydrogen) atoms. The lowest BCUT2D eigenvalue weighted by atomic mass is 10.1. The molecule has 3 heteroatoms. The Hall–Kier alpha value is -0.410. The van der Waals surface area contributed by atoms with Crippen molar-refractivity contribution in [1.29, 1.82) is 0 Å². The molecule has 0 aromatic heterocycles. The number of carbonyl (C=O) groups excluding carboxylic acids is 1. The van der Waals surface area contributed by atoms with E-state index in [9.17, 15) is 10.0 Å². The number of quaternary nitrogens is 1. The summed E-state index contributed by atoms with van der Waals surface area (Å²) in [5.41, 5.74) is 0.435. The Balaban J connectivity index is 2.95. The molecule has 0 aliphatic rings. The Labute approximate surface area is 93.2 Å². The fraction of sp³-hybridized carbons (Fsp3) is 0.917. The van der Waals surface area contributed by atoms with Crippen LogP contribution in [0.15, 0.2) is 0 Å². The van der Waals surface area contributed by atoms with Gasteiger partial charge in [0.05, 0.1) is 6.42 Å². The summed E-state index contributed by atoms with van der Waals surface area (Å²) in [6, 6.07) is 0. The number of hydrogen-bond acceptors (Lipinski definition) is 2. The van der Waals surface area contributed by atoms with Crippen LogP contribution in [-0.4, -0.2) is 5.91 Å². The number of primary amides is 1. The summed E-state index contributed by atoms with van der Waals surface area (Å²) in [5.74, 6) is -0.252. The number of hydroxylamine groups is 1. The van der Waals surface area contributed by atoms with E-state index in [1.807, 2.05) is 0 Å². The van der Waals surface area contributed by atoms with Gasteiger partial charge in [0.2, 0.25) is 0 Å². The average Bonchev–Trinajstić information content (AvgIpc) is 2.26. The molecule has 0 spiro atoms. The smallest absolute Gasteiger partial charge is 0.310 e. The number of hydrogen-bond donors (Lipinski definition) is 1. The van der Waals surface area contributed by atoms with E-state index in [-0.39, 0.29) is 5.91 Å². The molecule has 0 rings (SSSR count). The van der Waals surface area contributed by atoms with Crippen LogP contribution in [0.5, 0.6) is 0 Å². The van der Waals surface area contributed by atoms with Crippen molar-refractivity contribution in [3.05, 3.63) is 5.21 Å². The molecule has 0 aliphatic heterocycles. The maximum Gasteiger partial charge on any atom is 0.310 e. The van der Waals surface area contributed by atoms with Crippen molar-refractivity contribution < 1.29 is 10.3 Å². The number of carbonyl (C=O) groups is 1. The highest BCUT2D eigenvalue weighted by Crippen LogP contribution is 2.09. The molecule has 0 unspecified atom stereocenters. The molecule has 2 N–H and O–H groups in total. The molecule has 0 aromatic rings. The molecule has 0 saturated heterocycles. The number of unbranched alkanes of at least 4 members (excludes halogenated alkanes) is 8. The van der Waals surface area contributed by atoms with Gasteiger partial charge >= 0.3 is 5.91 Å². The van der Waals surface area contributed by atoms with Gasteiger partial charge in [-0.15, -0.1) is 0 Å². The SMILES string of the molecule is CCCCCCCCCCCC(=O)[NH2+][O-]. The van der Waals surface area contributed by atoms with Crippen LogP contribution in [0.25, 0.3) is 0 Å². The largest absolute Gasteiger partial charge is 0.628 e. The van der Waals surface area contributed by atoms with E-state index in [1.165, 1.54) is 44.9 Å². The van der Waals surface area contributed by atoms with E-state index in [1.54, 1.807) is 0 Å². The third-order valence-corrected chi connectivity index (χ3v) is 2.66. The van der Waals surface area contributed by atoms with Gasteiger partial charge in [0.15, 0.2) is 0 Å². The molecule has 0 radical (unpaired) electrons. The molecule has 90 valence electrons. The highest BCUT2D eigenvalue weighted by Gasteiger charge is 1.99. The number of nitrogens with two attached hydrogens (primary N) is 1. The minimum Gasteiger partial charge on any atom is -0.628 e. The van der Waals surface area contributed by atoms with Gasteiger partial charge < -0.3 is 10.7 Å². The van der Waals surface area contributed by atoms with Crippen molar-refractivity contribution in [3.8, 4) is 0 Å². The van der Waals surface area contributed by atoms with Crippen molar-refractivity contribution >= 4 is 5.91 Å². The van der Waals surface area contributed by atoms with E-state index >= 15 is 0 Å². The highest BCUT2D eigenvalue weighted by molar-refractivity contribution is 5.65. The summed E-state index contributed by atoms with van der Waals surface area (Å²) in [6.45, 7) is 2.23. The van der Waals surface area contributed by atoms with Gasteiger partial charge in [-0.1, -0.05) is 58.3 Å².